The lowest BCUT2D eigenvalue weighted by Gasteiger charge is -2.30. The van der Waals surface area contributed by atoms with E-state index in [1.807, 2.05) is 0 Å². The van der Waals surface area contributed by atoms with E-state index in [-0.39, 0.29) is 16.3 Å². The minimum atomic E-state index is -3.56. The van der Waals surface area contributed by atoms with Crippen molar-refractivity contribution in [3.8, 4) is 0 Å². The third kappa shape index (κ3) is 3.88. The van der Waals surface area contributed by atoms with E-state index in [0.29, 0.717) is 30.3 Å². The summed E-state index contributed by atoms with van der Waals surface area (Å²) in [6.45, 7) is 2.72. The van der Waals surface area contributed by atoms with Crippen LogP contribution in [0.2, 0.25) is 4.34 Å². The van der Waals surface area contributed by atoms with E-state index >= 15 is 0 Å². The Morgan fingerprint density at radius 2 is 2.10 bits per heavy atom. The van der Waals surface area contributed by atoms with E-state index in [1.54, 1.807) is 17.9 Å². The van der Waals surface area contributed by atoms with Crippen LogP contribution in [0.15, 0.2) is 10.3 Å². The molecule has 0 bridgehead atoms. The highest BCUT2D eigenvalue weighted by Gasteiger charge is 2.28. The van der Waals surface area contributed by atoms with Crippen molar-refractivity contribution in [1.82, 2.24) is 9.62 Å². The Labute approximate surface area is 133 Å². The van der Waals surface area contributed by atoms with Crippen molar-refractivity contribution in [2.75, 3.05) is 20.2 Å². The Bertz CT molecular complexity index is 602. The Balaban J connectivity index is 1.98. The Kier molecular flexibility index (Phi) is 5.13. The van der Waals surface area contributed by atoms with Gasteiger partial charge in [0.15, 0.2) is 0 Å². The smallest absolute Gasteiger partial charge is 0.409 e. The normalized spacial score (nSPS) is 17.0. The van der Waals surface area contributed by atoms with Crippen molar-refractivity contribution in [2.45, 2.75) is 30.0 Å². The van der Waals surface area contributed by atoms with Gasteiger partial charge in [-0.15, -0.1) is 11.3 Å². The van der Waals surface area contributed by atoms with E-state index in [9.17, 15) is 13.2 Å². The van der Waals surface area contributed by atoms with Crippen LogP contribution < -0.4 is 4.72 Å². The largest absolute Gasteiger partial charge is 0.453 e. The number of thiophene rings is 1. The van der Waals surface area contributed by atoms with Gasteiger partial charge >= 0.3 is 6.09 Å². The number of nitrogens with one attached hydrogen (secondary N) is 1. The summed E-state index contributed by atoms with van der Waals surface area (Å²) in [6.07, 6.45) is 0.746. The zero-order valence-corrected chi connectivity index (χ0v) is 14.1. The molecule has 0 unspecified atom stereocenters. The molecule has 0 aromatic carbocycles. The maximum atomic E-state index is 12.3. The van der Waals surface area contributed by atoms with Gasteiger partial charge in [0.2, 0.25) is 10.0 Å². The average Bonchev–Trinajstić information content (AvgIpc) is 2.79. The van der Waals surface area contributed by atoms with Crippen molar-refractivity contribution in [1.29, 1.82) is 0 Å². The second-order valence-electron chi connectivity index (χ2n) is 4.87. The molecule has 6 nitrogen and oxygen atoms in total. The van der Waals surface area contributed by atoms with Crippen molar-refractivity contribution < 1.29 is 17.9 Å². The summed E-state index contributed by atoms with van der Waals surface area (Å²) >= 11 is 6.97. The SMILES string of the molecule is COC(=O)N1CCC(NS(=O)(=O)c2cc(C)c(Cl)s2)CC1. The van der Waals surface area contributed by atoms with Crippen LogP contribution >= 0.6 is 22.9 Å². The van der Waals surface area contributed by atoms with Gasteiger partial charge in [-0.2, -0.15) is 0 Å². The quantitative estimate of drug-likeness (QED) is 0.905. The molecule has 2 rings (SSSR count). The number of ether oxygens (including phenoxy) is 1. The molecule has 2 heterocycles. The van der Waals surface area contributed by atoms with Gasteiger partial charge in [0.25, 0.3) is 0 Å². The van der Waals surface area contributed by atoms with Gasteiger partial charge in [-0.1, -0.05) is 11.6 Å². The van der Waals surface area contributed by atoms with Crippen molar-refractivity contribution in [3.05, 3.63) is 16.0 Å². The molecule has 0 aliphatic carbocycles. The van der Waals surface area contributed by atoms with Gasteiger partial charge in [0, 0.05) is 19.1 Å². The maximum absolute atomic E-state index is 12.3. The van der Waals surface area contributed by atoms with Gasteiger partial charge in [-0.3, -0.25) is 0 Å². The van der Waals surface area contributed by atoms with Crippen molar-refractivity contribution in [2.24, 2.45) is 0 Å². The zero-order valence-electron chi connectivity index (χ0n) is 11.8. The molecule has 0 radical (unpaired) electrons. The summed E-state index contributed by atoms with van der Waals surface area (Å²) < 4.78 is 32.6. The molecule has 0 saturated carbocycles. The average molecular weight is 353 g/mol. The molecule has 1 aromatic heterocycles. The summed E-state index contributed by atoms with van der Waals surface area (Å²) in [7, 11) is -2.22. The Morgan fingerprint density at radius 1 is 1.48 bits per heavy atom. The molecular formula is C12H17ClN2O4S2. The lowest BCUT2D eigenvalue weighted by Crippen LogP contribution is -2.46. The predicted octanol–water partition coefficient (Wildman–Crippen LogP) is 2.22. The molecule has 1 saturated heterocycles. The summed E-state index contributed by atoms with van der Waals surface area (Å²) in [5.41, 5.74) is 0.752. The molecule has 0 spiro atoms. The molecule has 0 atom stereocenters. The molecule has 1 aliphatic rings. The lowest BCUT2D eigenvalue weighted by atomic mass is 10.1. The first-order valence-corrected chi connectivity index (χ1v) is 9.12. The molecule has 1 fully saturated rings. The third-order valence-corrected chi connectivity index (χ3v) is 6.90. The second kappa shape index (κ2) is 6.51. The first-order chi connectivity index (χ1) is 9.83. The van der Waals surface area contributed by atoms with Crippen molar-refractivity contribution >= 4 is 39.1 Å². The number of piperidine rings is 1. The molecule has 1 aromatic rings. The van der Waals surface area contributed by atoms with Crippen LogP contribution in [0.5, 0.6) is 0 Å². The van der Waals surface area contributed by atoms with Crippen LogP contribution in [0.3, 0.4) is 0 Å². The number of aryl methyl sites for hydroxylation is 1. The van der Waals surface area contributed by atoms with Gasteiger partial charge in [0.1, 0.15) is 4.21 Å². The number of methoxy groups -OCH3 is 1. The molecular weight excluding hydrogens is 336 g/mol. The number of nitrogens with zero attached hydrogens (tertiary/aromatic N) is 1. The highest BCUT2D eigenvalue weighted by atomic mass is 35.5. The van der Waals surface area contributed by atoms with Gasteiger partial charge in [0.05, 0.1) is 11.4 Å². The minimum absolute atomic E-state index is 0.183. The fourth-order valence-corrected chi connectivity index (χ4v) is 5.18. The molecule has 1 aliphatic heterocycles. The number of hydrogen-bond acceptors (Lipinski definition) is 5. The van der Waals surface area contributed by atoms with Crippen LogP contribution in [-0.2, 0) is 14.8 Å². The van der Waals surface area contributed by atoms with E-state index < -0.39 is 10.0 Å². The standard InChI is InChI=1S/C12H17ClN2O4S2/c1-8-7-10(20-11(8)13)21(17,18)14-9-3-5-15(6-4-9)12(16)19-2/h7,9,14H,3-6H2,1-2H3. The number of hydrogen-bond donors (Lipinski definition) is 1. The van der Waals surface area contributed by atoms with E-state index in [4.69, 9.17) is 11.6 Å². The Hall–Kier alpha value is -0.830. The molecule has 1 N–H and O–H groups in total. The molecule has 118 valence electrons. The van der Waals surface area contributed by atoms with Crippen LogP contribution in [-0.4, -0.2) is 45.7 Å². The molecule has 9 heteroatoms. The molecule has 21 heavy (non-hydrogen) atoms. The lowest BCUT2D eigenvalue weighted by molar-refractivity contribution is 0.111. The van der Waals surface area contributed by atoms with E-state index in [1.165, 1.54) is 7.11 Å². The number of halogens is 1. The first kappa shape index (κ1) is 16.5. The molecule has 1 amide bonds. The summed E-state index contributed by atoms with van der Waals surface area (Å²) in [4.78, 5) is 12.9. The van der Waals surface area contributed by atoms with Gasteiger partial charge < -0.3 is 9.64 Å². The van der Waals surface area contributed by atoms with Crippen LogP contribution in [0.4, 0.5) is 4.79 Å². The number of rotatable bonds is 3. The van der Waals surface area contributed by atoms with E-state index in [2.05, 4.69) is 9.46 Å². The monoisotopic (exact) mass is 352 g/mol. The highest BCUT2D eigenvalue weighted by molar-refractivity contribution is 7.91. The van der Waals surface area contributed by atoms with E-state index in [0.717, 1.165) is 16.9 Å². The maximum Gasteiger partial charge on any atom is 0.409 e. The number of carbonyl (C=O) groups excluding carboxylic acids is 1. The van der Waals surface area contributed by atoms with Crippen LogP contribution in [0.25, 0.3) is 0 Å². The first-order valence-electron chi connectivity index (χ1n) is 6.44. The van der Waals surface area contributed by atoms with Gasteiger partial charge in [-0.05, 0) is 31.4 Å². The summed E-state index contributed by atoms with van der Waals surface area (Å²) in [6, 6.07) is 1.39. The number of amides is 1. The zero-order chi connectivity index (χ0) is 15.6. The topological polar surface area (TPSA) is 75.7 Å². The number of sulfonamides is 1. The number of carbonyl (C=O) groups is 1. The van der Waals surface area contributed by atoms with Crippen molar-refractivity contribution in [3.63, 3.8) is 0 Å². The van der Waals surface area contributed by atoms with Crippen LogP contribution in [0.1, 0.15) is 18.4 Å². The van der Waals surface area contributed by atoms with Gasteiger partial charge in [-0.25, -0.2) is 17.9 Å². The fourth-order valence-electron chi connectivity index (χ4n) is 2.15. The summed E-state index contributed by atoms with van der Waals surface area (Å²) in [5, 5.41) is 0. The third-order valence-electron chi connectivity index (χ3n) is 3.35. The fraction of sp³-hybridized carbons (Fsp3) is 0.583. The summed E-state index contributed by atoms with van der Waals surface area (Å²) in [5.74, 6) is 0. The predicted molar refractivity (Wildman–Crippen MR) is 81.4 cm³/mol. The van der Waals surface area contributed by atoms with Crippen LogP contribution in [0, 0.1) is 6.92 Å². The number of likely N-dealkylation sites (tertiary alicyclic amines) is 1. The highest BCUT2D eigenvalue weighted by Crippen LogP contribution is 2.30. The minimum Gasteiger partial charge on any atom is -0.453 e. The second-order valence-corrected chi connectivity index (χ2v) is 8.47. The Morgan fingerprint density at radius 3 is 2.57 bits per heavy atom.